The van der Waals surface area contributed by atoms with Crippen molar-refractivity contribution in [2.75, 3.05) is 27.7 Å². The van der Waals surface area contributed by atoms with E-state index in [9.17, 15) is 14.7 Å². The van der Waals surface area contributed by atoms with Crippen LogP contribution in [-0.2, 0) is 9.59 Å². The van der Waals surface area contributed by atoms with Crippen LogP contribution in [0.25, 0.3) is 0 Å². The van der Waals surface area contributed by atoms with Crippen LogP contribution in [0.3, 0.4) is 0 Å². The molecule has 0 aromatic heterocycles. The van der Waals surface area contributed by atoms with Crippen LogP contribution < -0.4 is 0 Å². The van der Waals surface area contributed by atoms with Crippen LogP contribution in [0, 0.1) is 0 Å². The number of aliphatic hydroxyl groups is 1. The highest BCUT2D eigenvalue weighted by Crippen LogP contribution is 2.20. The van der Waals surface area contributed by atoms with Gasteiger partial charge in [-0.2, -0.15) is 0 Å². The lowest BCUT2D eigenvalue weighted by Gasteiger charge is -2.33. The third kappa shape index (κ3) is 9.90. The van der Waals surface area contributed by atoms with Crippen molar-refractivity contribution in [1.82, 2.24) is 0 Å². The van der Waals surface area contributed by atoms with Crippen molar-refractivity contribution in [3.8, 4) is 0 Å². The van der Waals surface area contributed by atoms with Gasteiger partial charge in [-0.25, -0.2) is 0 Å². The van der Waals surface area contributed by atoms with Gasteiger partial charge in [0, 0.05) is 7.79 Å². The summed E-state index contributed by atoms with van der Waals surface area (Å²) in [6.07, 6.45) is 6.61. The summed E-state index contributed by atoms with van der Waals surface area (Å²) in [6, 6.07) is 0. The van der Waals surface area contributed by atoms with Crippen molar-refractivity contribution in [2.24, 2.45) is 0 Å². The Bertz CT molecular complexity index is 368. The van der Waals surface area contributed by atoms with E-state index in [1.54, 1.807) is 0 Å². The maximum Gasteiger partial charge on any atom is 0.306 e. The van der Waals surface area contributed by atoms with Crippen LogP contribution >= 0.6 is 0 Å². The van der Waals surface area contributed by atoms with Gasteiger partial charge in [-0.15, -0.1) is 0 Å². The molecule has 0 rings (SSSR count). The number of carboxylic acid groups (broad SMARTS) is 1. The van der Waals surface area contributed by atoms with Gasteiger partial charge in [0.05, 0.1) is 27.6 Å². The van der Waals surface area contributed by atoms with Crippen LogP contribution in [0.4, 0.5) is 0 Å². The minimum atomic E-state index is -1.78. The molecule has 0 heterocycles. The summed E-state index contributed by atoms with van der Waals surface area (Å²) in [4.78, 5) is 23.3. The first-order valence-electron chi connectivity index (χ1n) is 8.88. The average molecular weight is 317 g/mol. The maximum atomic E-state index is 12.3. The topological polar surface area (TPSA) is 74.6 Å². The van der Waals surface area contributed by atoms with E-state index in [0.29, 0.717) is 17.8 Å². The average Bonchev–Trinajstić information content (AvgIpc) is 2.38. The first-order valence-corrected chi connectivity index (χ1v) is 8.18. The van der Waals surface area contributed by atoms with Gasteiger partial charge in [0.15, 0.2) is 11.4 Å². The smallest absolute Gasteiger partial charge is 0.306 e. The number of Topliss-reactive ketones (excluding diaryl/α,β-unsaturated/α-hetero) is 1. The van der Waals surface area contributed by atoms with Crippen LogP contribution in [0.5, 0.6) is 0 Å². The predicted molar refractivity (Wildman–Crippen MR) is 87.7 cm³/mol. The zero-order valence-corrected chi connectivity index (χ0v) is 14.4. The van der Waals surface area contributed by atoms with Crippen molar-refractivity contribution in [1.29, 1.82) is 0 Å². The highest BCUT2D eigenvalue weighted by atomic mass is 16.4. The van der Waals surface area contributed by atoms with E-state index in [2.05, 4.69) is 0 Å². The third-order valence-electron chi connectivity index (χ3n) is 3.60. The number of nitrogens with zero attached hydrogens (tertiary/aromatic N) is 1. The molecule has 0 amide bonds. The molecule has 5 nitrogen and oxygen atoms in total. The minimum absolute atomic E-state index is 0.102. The lowest BCUT2D eigenvalue weighted by Crippen LogP contribution is -2.54. The Hall–Kier alpha value is -0.940. The number of hydrogen-bond donors (Lipinski definition) is 2. The number of ketones is 1. The van der Waals surface area contributed by atoms with Gasteiger partial charge < -0.3 is 14.7 Å². The largest absolute Gasteiger partial charge is 0.481 e. The van der Waals surface area contributed by atoms with Gasteiger partial charge in [-0.1, -0.05) is 45.4 Å². The van der Waals surface area contributed by atoms with Crippen molar-refractivity contribution in [2.45, 2.75) is 70.3 Å². The van der Waals surface area contributed by atoms with Gasteiger partial charge in [-0.3, -0.25) is 9.59 Å². The van der Waals surface area contributed by atoms with Crippen molar-refractivity contribution in [3.05, 3.63) is 0 Å². The summed E-state index contributed by atoms with van der Waals surface area (Å²) < 4.78 is 7.40. The zero-order chi connectivity index (χ0) is 17.9. The molecule has 0 aromatic rings. The summed E-state index contributed by atoms with van der Waals surface area (Å²) in [5, 5.41) is 19.5. The highest BCUT2D eigenvalue weighted by Gasteiger charge is 2.42. The minimum Gasteiger partial charge on any atom is -0.481 e. The van der Waals surface area contributed by atoms with Gasteiger partial charge in [-0.05, 0) is 6.42 Å². The number of aliphatic carboxylic acids is 1. The number of carbonyl (C=O) groups is 2. The normalized spacial score (nSPS) is 15.2. The lowest BCUT2D eigenvalue weighted by molar-refractivity contribution is -0.875. The van der Waals surface area contributed by atoms with Gasteiger partial charge >= 0.3 is 5.97 Å². The Morgan fingerprint density at radius 2 is 1.59 bits per heavy atom. The van der Waals surface area contributed by atoms with Crippen molar-refractivity contribution < 1.29 is 25.7 Å². The number of hydrogen-bond acceptors (Lipinski definition) is 3. The standard InChI is InChI=1S/C17H33NO4/c1-5-6-7-8-9-10-11-12-15(19)17(22,13-16(20)21)14-18(2,3)4/h22H,5-14H2,1-4H3/p+1/i1D. The number of carboxylic acids is 1. The number of quaternary nitrogens is 1. The summed E-state index contributed by atoms with van der Waals surface area (Å²) in [6.45, 7) is 0.591. The molecule has 1 unspecified atom stereocenters. The molecule has 1 atom stereocenters. The fraction of sp³-hybridized carbons (Fsp3) is 0.882. The number of likely N-dealkylation sites (N-methyl/N-ethyl adjacent to an activating group) is 1. The molecule has 0 aliphatic heterocycles. The van der Waals surface area contributed by atoms with Crippen molar-refractivity contribution >= 4 is 11.8 Å². The molecule has 0 fully saturated rings. The summed E-state index contributed by atoms with van der Waals surface area (Å²) in [5.74, 6) is -1.51. The Morgan fingerprint density at radius 1 is 1.05 bits per heavy atom. The fourth-order valence-corrected chi connectivity index (χ4v) is 2.68. The van der Waals surface area contributed by atoms with E-state index in [-0.39, 0.29) is 18.7 Å². The van der Waals surface area contributed by atoms with E-state index in [4.69, 9.17) is 6.48 Å². The number of rotatable bonds is 13. The monoisotopic (exact) mass is 317 g/mol. The van der Waals surface area contributed by atoms with Crippen LogP contribution in [0.2, 0.25) is 0 Å². The van der Waals surface area contributed by atoms with E-state index in [0.717, 1.165) is 38.5 Å². The molecule has 0 aliphatic rings. The molecule has 0 aliphatic carbocycles. The molecule has 0 saturated heterocycles. The van der Waals surface area contributed by atoms with Gasteiger partial charge in [0.25, 0.3) is 0 Å². The predicted octanol–water partition coefficient (Wildman–Crippen LogP) is 2.61. The molecular formula is C17H34NO4+. The van der Waals surface area contributed by atoms with Crippen molar-refractivity contribution in [3.63, 3.8) is 0 Å². The van der Waals surface area contributed by atoms with Crippen LogP contribution in [0.15, 0.2) is 0 Å². The SMILES string of the molecule is [2H]CCCCCCCCCC(=O)C(O)(CC(=O)O)C[N+](C)(C)C. The Balaban J connectivity index is 4.22. The summed E-state index contributed by atoms with van der Waals surface area (Å²) in [5.41, 5.74) is -1.78. The molecule has 22 heavy (non-hydrogen) atoms. The van der Waals surface area contributed by atoms with E-state index >= 15 is 0 Å². The molecule has 5 heteroatoms. The first kappa shape index (κ1) is 19.1. The molecule has 0 bridgehead atoms. The molecule has 0 aromatic carbocycles. The maximum absolute atomic E-state index is 12.3. The van der Waals surface area contributed by atoms with E-state index < -0.39 is 18.0 Å². The Morgan fingerprint density at radius 3 is 2.09 bits per heavy atom. The Labute approximate surface area is 136 Å². The zero-order valence-electron chi connectivity index (χ0n) is 15.4. The molecule has 2 N–H and O–H groups in total. The van der Waals surface area contributed by atoms with Gasteiger partial charge in [0.2, 0.25) is 0 Å². The van der Waals surface area contributed by atoms with Crippen LogP contribution in [0.1, 0.15) is 66.1 Å². The number of unbranched alkanes of at least 4 members (excludes halogenated alkanes) is 6. The van der Waals surface area contributed by atoms with E-state index in [1.807, 2.05) is 21.1 Å². The second-order valence-electron chi connectivity index (χ2n) is 7.20. The molecule has 0 spiro atoms. The Kier molecular flexibility index (Phi) is 8.64. The molecule has 130 valence electrons. The second kappa shape index (κ2) is 9.95. The summed E-state index contributed by atoms with van der Waals surface area (Å²) >= 11 is 0. The lowest BCUT2D eigenvalue weighted by atomic mass is 9.89. The highest BCUT2D eigenvalue weighted by molar-refractivity contribution is 5.90. The fourth-order valence-electron chi connectivity index (χ4n) is 2.68. The molecule has 0 saturated carbocycles. The van der Waals surface area contributed by atoms with Gasteiger partial charge in [0.1, 0.15) is 6.54 Å². The summed E-state index contributed by atoms with van der Waals surface area (Å²) in [7, 11) is 5.49. The first-order chi connectivity index (χ1) is 10.6. The third-order valence-corrected chi connectivity index (χ3v) is 3.60. The second-order valence-corrected chi connectivity index (χ2v) is 7.20. The molecular weight excluding hydrogens is 282 g/mol. The van der Waals surface area contributed by atoms with E-state index in [1.165, 1.54) is 0 Å². The number of carbonyl (C=O) groups excluding carboxylic acids is 1. The van der Waals surface area contributed by atoms with Crippen LogP contribution in [-0.4, -0.2) is 59.7 Å². The quantitative estimate of drug-likeness (QED) is 0.404. The molecule has 0 radical (unpaired) electrons.